The van der Waals surface area contributed by atoms with Gasteiger partial charge in [0.1, 0.15) is 21.6 Å². The fraction of sp³-hybridized carbons (Fsp3) is 0.591. The molecule has 1 atom stereocenters. The number of rotatable bonds is 3. The quantitative estimate of drug-likeness (QED) is 0.709. The van der Waals surface area contributed by atoms with Gasteiger partial charge in [-0.2, -0.15) is 5.26 Å². The van der Waals surface area contributed by atoms with Crippen molar-refractivity contribution < 1.29 is 4.79 Å². The zero-order valence-corrected chi connectivity index (χ0v) is 17.7. The highest BCUT2D eigenvalue weighted by molar-refractivity contribution is 7.21. The number of carbonyl (C=O) groups is 1. The van der Waals surface area contributed by atoms with Crippen LogP contribution in [0.5, 0.6) is 0 Å². The van der Waals surface area contributed by atoms with E-state index in [-0.39, 0.29) is 23.2 Å². The monoisotopic (exact) mass is 409 g/mol. The Morgan fingerprint density at radius 3 is 2.38 bits per heavy atom. The lowest BCUT2D eigenvalue weighted by Crippen LogP contribution is -2.55. The lowest BCUT2D eigenvalue weighted by Gasteiger charge is -2.59. The normalized spacial score (nSPS) is 31.0. The van der Waals surface area contributed by atoms with Crippen LogP contribution in [0.3, 0.4) is 0 Å². The predicted molar refractivity (Wildman–Crippen MR) is 115 cm³/mol. The van der Waals surface area contributed by atoms with Gasteiger partial charge in [-0.3, -0.25) is 4.79 Å². The van der Waals surface area contributed by atoms with Gasteiger partial charge in [-0.25, -0.2) is 4.98 Å². The van der Waals surface area contributed by atoms with Crippen molar-refractivity contribution in [3.63, 3.8) is 0 Å². The zero-order chi connectivity index (χ0) is 20.5. The first-order valence-electron chi connectivity index (χ1n) is 10.5. The predicted octanol–water partition coefficient (Wildman–Crippen LogP) is 3.98. The first-order valence-corrected chi connectivity index (χ1v) is 11.3. The van der Waals surface area contributed by atoms with Crippen molar-refractivity contribution in [1.82, 2.24) is 10.3 Å². The van der Waals surface area contributed by atoms with Crippen LogP contribution in [0.15, 0.2) is 0 Å². The minimum absolute atomic E-state index is 0.127. The molecule has 0 radical (unpaired) electrons. The molecule has 0 aromatic carbocycles. The van der Waals surface area contributed by atoms with Crippen LogP contribution in [0.4, 0.5) is 11.5 Å². The molecule has 0 aliphatic heterocycles. The molecule has 4 bridgehead atoms. The van der Waals surface area contributed by atoms with Gasteiger partial charge in [0.15, 0.2) is 0 Å². The van der Waals surface area contributed by atoms with E-state index in [0.717, 1.165) is 17.8 Å². The van der Waals surface area contributed by atoms with Gasteiger partial charge in [0.25, 0.3) is 5.91 Å². The van der Waals surface area contributed by atoms with Gasteiger partial charge < -0.3 is 16.8 Å². The van der Waals surface area contributed by atoms with Gasteiger partial charge in [-0.1, -0.05) is 0 Å². The number of anilines is 2. The SMILES string of the molecule is Cc1c(C#N)c(N)nc2sc(C(=O)NC(C)C34CC5CC(CC(C5)C3)C4)c(N)c12. The second-order valence-corrected chi connectivity index (χ2v) is 10.6. The molecule has 4 saturated carbocycles. The van der Waals surface area contributed by atoms with E-state index in [0.29, 0.717) is 31.9 Å². The molecule has 4 fully saturated rings. The third kappa shape index (κ3) is 2.72. The first-order chi connectivity index (χ1) is 13.8. The molecule has 0 spiro atoms. The molecular weight excluding hydrogens is 382 g/mol. The fourth-order valence-corrected chi connectivity index (χ4v) is 7.85. The number of nitrogens with zero attached hydrogens (tertiary/aromatic N) is 2. The number of hydrogen-bond acceptors (Lipinski definition) is 6. The lowest BCUT2D eigenvalue weighted by molar-refractivity contribution is -0.0687. The van der Waals surface area contributed by atoms with E-state index in [1.165, 1.54) is 49.9 Å². The second kappa shape index (κ2) is 6.33. The molecule has 152 valence electrons. The van der Waals surface area contributed by atoms with Crippen LogP contribution in [0.2, 0.25) is 0 Å². The number of aromatic nitrogens is 1. The molecule has 6 rings (SSSR count). The Balaban J connectivity index is 1.44. The Hall–Kier alpha value is -2.33. The van der Waals surface area contributed by atoms with E-state index in [9.17, 15) is 10.1 Å². The average Bonchev–Trinajstić information content (AvgIpc) is 2.97. The van der Waals surface area contributed by atoms with Crippen LogP contribution in [-0.2, 0) is 0 Å². The number of nitrogens with two attached hydrogens (primary N) is 2. The maximum absolute atomic E-state index is 13.2. The number of amides is 1. The van der Waals surface area contributed by atoms with Gasteiger partial charge >= 0.3 is 0 Å². The summed E-state index contributed by atoms with van der Waals surface area (Å²) >= 11 is 1.26. The molecule has 2 heterocycles. The Morgan fingerprint density at radius 1 is 1.24 bits per heavy atom. The van der Waals surface area contributed by atoms with Crippen molar-refractivity contribution >= 4 is 39.0 Å². The molecule has 1 amide bonds. The minimum Gasteiger partial charge on any atom is -0.397 e. The number of nitriles is 1. The summed E-state index contributed by atoms with van der Waals surface area (Å²) in [6.07, 6.45) is 7.88. The van der Waals surface area contributed by atoms with E-state index in [4.69, 9.17) is 11.5 Å². The highest BCUT2D eigenvalue weighted by Gasteiger charge is 2.53. The average molecular weight is 410 g/mol. The fourth-order valence-electron chi connectivity index (χ4n) is 6.79. The third-order valence-electron chi connectivity index (χ3n) is 7.82. The lowest BCUT2D eigenvalue weighted by atomic mass is 9.48. The molecule has 7 heteroatoms. The molecule has 2 aromatic rings. The molecule has 4 aliphatic carbocycles. The Bertz CT molecular complexity index is 1030. The van der Waals surface area contributed by atoms with Crippen LogP contribution < -0.4 is 16.8 Å². The largest absolute Gasteiger partial charge is 0.397 e. The van der Waals surface area contributed by atoms with Crippen molar-refractivity contribution in [2.75, 3.05) is 11.5 Å². The van der Waals surface area contributed by atoms with Crippen molar-refractivity contribution in [1.29, 1.82) is 5.26 Å². The summed E-state index contributed by atoms with van der Waals surface area (Å²) in [7, 11) is 0. The summed E-state index contributed by atoms with van der Waals surface area (Å²) in [5, 5.41) is 13.3. The van der Waals surface area contributed by atoms with Gasteiger partial charge in [0.2, 0.25) is 0 Å². The molecular formula is C22H27N5OS. The Morgan fingerprint density at radius 2 is 1.83 bits per heavy atom. The summed E-state index contributed by atoms with van der Waals surface area (Å²) < 4.78 is 0. The molecule has 5 N–H and O–H groups in total. The zero-order valence-electron chi connectivity index (χ0n) is 16.9. The number of carbonyl (C=O) groups excluding carboxylic acids is 1. The van der Waals surface area contributed by atoms with Gasteiger partial charge in [0.05, 0.1) is 11.3 Å². The van der Waals surface area contributed by atoms with E-state index in [1.54, 1.807) is 0 Å². The van der Waals surface area contributed by atoms with E-state index in [2.05, 4.69) is 23.3 Å². The topological polar surface area (TPSA) is 118 Å². The number of aryl methyl sites for hydroxylation is 1. The van der Waals surface area contributed by atoms with Gasteiger partial charge in [0, 0.05) is 11.4 Å². The van der Waals surface area contributed by atoms with Crippen LogP contribution in [0.25, 0.3) is 10.2 Å². The number of thiophene rings is 1. The number of pyridine rings is 1. The molecule has 2 aromatic heterocycles. The number of hydrogen-bond donors (Lipinski definition) is 3. The standard InChI is InChI=1S/C22H27N5OS/c1-10-15(9-23)19(25)27-21-16(10)17(24)18(29-21)20(28)26-11(2)22-6-12-3-13(7-22)5-14(4-12)8-22/h11-14H,3-8,24H2,1-2H3,(H2,25,27)(H,26,28). The summed E-state index contributed by atoms with van der Waals surface area (Å²) in [4.78, 5) is 18.6. The molecule has 4 aliphatic rings. The van der Waals surface area contributed by atoms with Gasteiger partial charge in [-0.15, -0.1) is 11.3 Å². The maximum atomic E-state index is 13.2. The van der Waals surface area contributed by atoms with Crippen LogP contribution >= 0.6 is 11.3 Å². The minimum atomic E-state index is -0.134. The molecule has 1 unspecified atom stereocenters. The molecule has 0 saturated heterocycles. The smallest absolute Gasteiger partial charge is 0.263 e. The Kier molecular flexibility index (Phi) is 4.08. The number of fused-ring (bicyclic) bond motifs is 1. The number of nitrogen functional groups attached to an aromatic ring is 2. The number of nitrogens with one attached hydrogen (secondary N) is 1. The van der Waals surface area contributed by atoms with E-state index >= 15 is 0 Å². The van der Waals surface area contributed by atoms with Crippen molar-refractivity contribution in [2.24, 2.45) is 23.2 Å². The highest BCUT2D eigenvalue weighted by Crippen LogP contribution is 2.61. The van der Waals surface area contributed by atoms with Gasteiger partial charge in [-0.05, 0) is 81.1 Å². The molecule has 6 nitrogen and oxygen atoms in total. The first kappa shape index (κ1) is 18.7. The third-order valence-corrected chi connectivity index (χ3v) is 8.92. The van der Waals surface area contributed by atoms with Crippen molar-refractivity contribution in [3.05, 3.63) is 16.0 Å². The van der Waals surface area contributed by atoms with E-state index < -0.39 is 0 Å². The highest BCUT2D eigenvalue weighted by atomic mass is 32.1. The van der Waals surface area contributed by atoms with Crippen LogP contribution in [0, 0.1) is 41.4 Å². The summed E-state index contributed by atoms with van der Waals surface area (Å²) in [5.41, 5.74) is 13.9. The van der Waals surface area contributed by atoms with Crippen LogP contribution in [-0.4, -0.2) is 16.9 Å². The van der Waals surface area contributed by atoms with Crippen molar-refractivity contribution in [3.8, 4) is 6.07 Å². The van der Waals surface area contributed by atoms with Crippen molar-refractivity contribution in [2.45, 2.75) is 58.4 Å². The summed E-state index contributed by atoms with van der Waals surface area (Å²) in [5.74, 6) is 2.58. The Labute approximate surface area is 174 Å². The molecule has 29 heavy (non-hydrogen) atoms. The second-order valence-electron chi connectivity index (χ2n) is 9.61. The van der Waals surface area contributed by atoms with E-state index in [1.807, 2.05) is 6.92 Å². The van der Waals surface area contributed by atoms with Crippen LogP contribution in [0.1, 0.15) is 66.2 Å². The summed E-state index contributed by atoms with van der Waals surface area (Å²) in [6, 6.07) is 2.22. The summed E-state index contributed by atoms with van der Waals surface area (Å²) in [6.45, 7) is 3.98. The maximum Gasteiger partial charge on any atom is 0.263 e.